The third kappa shape index (κ3) is 25.5. The average Bonchev–Trinajstić information content (AvgIpc) is 1.50. The summed E-state index contributed by atoms with van der Waals surface area (Å²) in [4.78, 5) is 128. The number of Topliss-reactive ketones (excluding diaryl/α,β-unsaturated/α-hetero) is 4. The molecule has 6 saturated heterocycles. The standard InChI is InChI=1S/C26H31N5O4.C21H23N5O2.C16H23NO4.C16H21NO4.C11H13NO2.C9H15NO3/c1-26(2,3)35-25(33)29-13-10-20-21(11-14-29)28-22-9-12-27-31(22)24(20)30-15-18(16-30)23(32)17-5-7-19(34-4)8-6-17;1-28-16-4-2-14(3-5-16)20(27)15-12-25(13-15)21-17-6-9-22-10-7-18(17)24-19-8-11-23-26(19)21;2*1-16(2,3)21-15(19)17-9-12(10-17)14(18)11-5-7-13(20-4)8-6-11;1-14-10-4-2-8(3-5-10)11(13)9-6-12-7-9;1-9(2,3)13-8(12)10-4-7(5-10)6-11/h5-9,12,18H,10-11,13-16H2,1-4H3;2-5,8,11,15,22H,6-7,9-10,12-13H2,1H3;5-8,12,14,18H,9-10H2,1-4H3;5-8,12H,9-10H2,1-4H3;2-5,9,12H,6-7H2,1H3;6-7H,4-5H2,1-3H3. The molecule has 4 aromatic heterocycles. The van der Waals surface area contributed by atoms with Crippen LogP contribution in [0.15, 0.2) is 146 Å². The van der Waals surface area contributed by atoms with Crippen molar-refractivity contribution in [3.8, 4) is 28.7 Å². The van der Waals surface area contributed by atoms with Crippen LogP contribution in [0.1, 0.15) is 159 Å². The van der Waals surface area contributed by atoms with Crippen molar-refractivity contribution in [2.75, 3.05) is 150 Å². The van der Waals surface area contributed by atoms with Crippen molar-refractivity contribution in [3.05, 3.63) is 196 Å². The lowest BCUT2D eigenvalue weighted by Crippen LogP contribution is -2.54. The monoisotopic (exact) mass is 1810 g/mol. The Balaban J connectivity index is 0.000000148. The zero-order chi connectivity index (χ0) is 95.1. The molecule has 17 rings (SSSR count). The first-order valence-electron chi connectivity index (χ1n) is 44.9. The number of aliphatic hydroxyl groups is 1. The van der Waals surface area contributed by atoms with E-state index in [-0.39, 0.29) is 83.0 Å². The molecule has 0 aliphatic carbocycles. The summed E-state index contributed by atoms with van der Waals surface area (Å²) in [5.74, 6) is 6.45. The molecule has 1 atom stereocenters. The number of hydrogen-bond acceptors (Lipinski definition) is 27. The predicted molar refractivity (Wildman–Crippen MR) is 496 cm³/mol. The Bertz CT molecular complexity index is 5470. The third-order valence-electron chi connectivity index (χ3n) is 23.3. The molecule has 8 aliphatic rings. The largest absolute Gasteiger partial charge is 0.497 e. The van der Waals surface area contributed by atoms with Gasteiger partial charge in [0.1, 0.15) is 69.1 Å². The molecule has 0 radical (unpaired) electrons. The van der Waals surface area contributed by atoms with Gasteiger partial charge < -0.3 is 92.6 Å². The van der Waals surface area contributed by atoms with Crippen LogP contribution in [0.4, 0.5) is 30.8 Å². The summed E-state index contributed by atoms with van der Waals surface area (Å²) in [5, 5.41) is 25.9. The number of anilines is 2. The number of carbonyl (C=O) groups is 9. The summed E-state index contributed by atoms with van der Waals surface area (Å²) in [5.41, 5.74) is 7.82. The smallest absolute Gasteiger partial charge is 0.410 e. The van der Waals surface area contributed by atoms with Crippen LogP contribution in [0.2, 0.25) is 0 Å². The van der Waals surface area contributed by atoms with Gasteiger partial charge in [-0.3, -0.25) is 19.2 Å². The molecule has 12 heterocycles. The second kappa shape index (κ2) is 43.1. The van der Waals surface area contributed by atoms with Gasteiger partial charge in [-0.25, -0.2) is 29.1 Å². The fourth-order valence-electron chi connectivity index (χ4n) is 15.8. The van der Waals surface area contributed by atoms with Gasteiger partial charge in [-0.05, 0) is 217 Å². The number of carbonyl (C=O) groups excluding carboxylic acids is 9. The first kappa shape index (κ1) is 98.3. The van der Waals surface area contributed by atoms with E-state index >= 15 is 0 Å². The number of ether oxygens (including phenoxy) is 9. The number of aromatic nitrogens is 6. The summed E-state index contributed by atoms with van der Waals surface area (Å²) < 4.78 is 50.6. The molecule has 9 aromatic rings. The SMILES string of the molecule is CC(C)(C)OC(=O)N1CC(C=O)C1.COc1ccc(C(=O)C2CN(C(=O)OC(C)(C)C)C2)cc1.COc1ccc(C(=O)C2CN(c3c4c(nc5ccnn35)CCN(C(=O)OC(C)(C)C)CC4)C2)cc1.COc1ccc(C(=O)C2CN(c3c4c(nc5ccnn35)CCNCC4)C2)cc1.COc1ccc(C(=O)C2CNC2)cc1.COc1ccc(C(O)C2CN(C(=O)OC(C)(C)C)C2)cc1. The Morgan fingerprint density at radius 2 is 0.697 bits per heavy atom. The number of aliphatic hydroxyl groups excluding tert-OH is 1. The van der Waals surface area contributed by atoms with E-state index in [1.54, 1.807) is 86.9 Å². The number of benzene rings is 5. The molecule has 5 aromatic carbocycles. The summed E-state index contributed by atoms with van der Waals surface area (Å²) in [6, 6.07) is 40.1. The molecule has 4 amide bonds. The maximum atomic E-state index is 13.0. The van der Waals surface area contributed by atoms with Crippen LogP contribution < -0.4 is 44.1 Å². The van der Waals surface area contributed by atoms with Gasteiger partial charge >= 0.3 is 24.4 Å². The van der Waals surface area contributed by atoms with Crippen LogP contribution in [0.5, 0.6) is 28.7 Å². The fourth-order valence-corrected chi connectivity index (χ4v) is 15.8. The highest BCUT2D eigenvalue weighted by atomic mass is 16.6. The Hall–Kier alpha value is -12.8. The van der Waals surface area contributed by atoms with Crippen molar-refractivity contribution in [2.24, 2.45) is 35.5 Å². The van der Waals surface area contributed by atoms with Crippen LogP contribution >= 0.6 is 0 Å². The Kier molecular flexibility index (Phi) is 32.1. The van der Waals surface area contributed by atoms with E-state index in [0.717, 1.165) is 131 Å². The molecule has 132 heavy (non-hydrogen) atoms. The lowest BCUT2D eigenvalue weighted by Gasteiger charge is -2.42. The van der Waals surface area contributed by atoms with Crippen LogP contribution in [0.3, 0.4) is 0 Å². The topological polar surface area (TPSA) is 361 Å². The second-order valence-electron chi connectivity index (χ2n) is 37.8. The van der Waals surface area contributed by atoms with Crippen LogP contribution in [0.25, 0.3) is 11.3 Å². The zero-order valence-corrected chi connectivity index (χ0v) is 78.8. The molecule has 8 aliphatic heterocycles. The first-order chi connectivity index (χ1) is 62.8. The zero-order valence-electron chi connectivity index (χ0n) is 78.8. The molecule has 0 spiro atoms. The van der Waals surface area contributed by atoms with Crippen molar-refractivity contribution in [1.82, 2.24) is 59.4 Å². The fraction of sp³-hybridized carbons (Fsp3) is 0.485. The molecule has 0 saturated carbocycles. The normalized spacial score (nSPS) is 16.6. The summed E-state index contributed by atoms with van der Waals surface area (Å²) >= 11 is 0. The highest BCUT2D eigenvalue weighted by molar-refractivity contribution is 6.01. The number of nitrogens with one attached hydrogen (secondary N) is 2. The molecule has 1 unspecified atom stereocenters. The van der Waals surface area contributed by atoms with E-state index in [4.69, 9.17) is 52.6 Å². The molecule has 33 nitrogen and oxygen atoms in total. The van der Waals surface area contributed by atoms with E-state index < -0.39 is 28.5 Å². The maximum Gasteiger partial charge on any atom is 0.410 e. The molecular weight excluding hydrogens is 1690 g/mol. The van der Waals surface area contributed by atoms with Crippen molar-refractivity contribution in [2.45, 2.75) is 137 Å². The molecular formula is C99H126N14O19. The van der Waals surface area contributed by atoms with E-state index in [9.17, 15) is 48.3 Å². The summed E-state index contributed by atoms with van der Waals surface area (Å²) in [7, 11) is 8.05. The molecule has 0 bridgehead atoms. The van der Waals surface area contributed by atoms with Crippen molar-refractivity contribution >= 4 is 76.7 Å². The predicted octanol–water partition coefficient (Wildman–Crippen LogP) is 12.6. The lowest BCUT2D eigenvalue weighted by molar-refractivity contribution is -0.115. The van der Waals surface area contributed by atoms with Crippen molar-refractivity contribution in [3.63, 3.8) is 0 Å². The second-order valence-corrected chi connectivity index (χ2v) is 37.8. The van der Waals surface area contributed by atoms with E-state index in [1.807, 2.05) is 201 Å². The van der Waals surface area contributed by atoms with Gasteiger partial charge in [0.2, 0.25) is 0 Å². The Morgan fingerprint density at radius 1 is 0.379 bits per heavy atom. The van der Waals surface area contributed by atoms with Gasteiger partial charge in [0.05, 0.1) is 89.1 Å². The Labute approximate surface area is 771 Å². The van der Waals surface area contributed by atoms with Crippen LogP contribution in [0, 0.1) is 35.5 Å². The number of aldehydes is 1. The van der Waals surface area contributed by atoms with Gasteiger partial charge in [0.15, 0.2) is 34.4 Å². The van der Waals surface area contributed by atoms with Crippen LogP contribution in [-0.4, -0.2) is 270 Å². The third-order valence-corrected chi connectivity index (χ3v) is 23.3. The van der Waals surface area contributed by atoms with E-state index in [0.29, 0.717) is 103 Å². The number of nitrogens with zero attached hydrogens (tertiary/aromatic N) is 12. The number of ketones is 4. The molecule has 3 N–H and O–H groups in total. The summed E-state index contributed by atoms with van der Waals surface area (Å²) in [6.45, 7) is 32.2. The van der Waals surface area contributed by atoms with Crippen LogP contribution in [-0.2, 0) is 49.4 Å². The minimum atomic E-state index is -0.574. The summed E-state index contributed by atoms with van der Waals surface area (Å²) in [6.07, 6.45) is 5.69. The number of likely N-dealkylation sites (tertiary alicyclic amines) is 3. The molecule has 706 valence electrons. The number of rotatable bonds is 18. The van der Waals surface area contributed by atoms with E-state index in [1.165, 1.54) is 10.5 Å². The average molecular weight is 1820 g/mol. The number of hydrogen-bond donors (Lipinski definition) is 3. The van der Waals surface area contributed by atoms with E-state index in [2.05, 4.69) is 30.6 Å². The van der Waals surface area contributed by atoms with Gasteiger partial charge in [-0.2, -0.15) is 19.2 Å². The van der Waals surface area contributed by atoms with Gasteiger partial charge in [0.25, 0.3) is 0 Å². The first-order valence-corrected chi connectivity index (χ1v) is 44.9. The molecule has 33 heteroatoms. The highest BCUT2D eigenvalue weighted by Gasteiger charge is 2.43. The minimum absolute atomic E-state index is 0.00623. The van der Waals surface area contributed by atoms with Crippen molar-refractivity contribution < 1.29 is 90.9 Å². The number of methoxy groups -OCH3 is 5. The van der Waals surface area contributed by atoms with Gasteiger partial charge in [-0.1, -0.05) is 12.1 Å². The minimum Gasteiger partial charge on any atom is -0.497 e. The van der Waals surface area contributed by atoms with Gasteiger partial charge in [0, 0.05) is 168 Å². The highest BCUT2D eigenvalue weighted by Crippen LogP contribution is 2.38. The lowest BCUT2D eigenvalue weighted by atomic mass is 9.89. The maximum absolute atomic E-state index is 13.0. The number of fused-ring (bicyclic) bond motifs is 4. The quantitative estimate of drug-likeness (QED) is 0.0408. The van der Waals surface area contributed by atoms with Crippen molar-refractivity contribution in [1.29, 1.82) is 0 Å². The number of amides is 4. The van der Waals surface area contributed by atoms with Gasteiger partial charge in [-0.15, -0.1) is 0 Å². The molecule has 6 fully saturated rings. The Morgan fingerprint density at radius 3 is 1.05 bits per heavy atom.